The molecule has 0 radical (unpaired) electrons. The molecule has 0 fully saturated rings. The van der Waals surface area contributed by atoms with Gasteiger partial charge in [-0.1, -0.05) is 0 Å². The van der Waals surface area contributed by atoms with Crippen LogP contribution in [0.4, 0.5) is 5.69 Å². The summed E-state index contributed by atoms with van der Waals surface area (Å²) in [6, 6.07) is 9.09. The first-order valence-electron chi connectivity index (χ1n) is 5.86. The first-order valence-corrected chi connectivity index (χ1v) is 5.86. The number of fused-ring (bicyclic) bond motifs is 1. The van der Waals surface area contributed by atoms with Crippen molar-refractivity contribution in [2.75, 3.05) is 11.9 Å². The Labute approximate surface area is 105 Å². The molecule has 0 aliphatic carbocycles. The zero-order chi connectivity index (χ0) is 12.5. The lowest BCUT2D eigenvalue weighted by Gasteiger charge is -2.05. The van der Waals surface area contributed by atoms with Gasteiger partial charge in [-0.25, -0.2) is 0 Å². The van der Waals surface area contributed by atoms with Crippen molar-refractivity contribution in [2.45, 2.75) is 13.3 Å². The van der Waals surface area contributed by atoms with Gasteiger partial charge in [-0.15, -0.1) is 0 Å². The maximum absolute atomic E-state index is 11.9. The summed E-state index contributed by atoms with van der Waals surface area (Å²) in [5.74, 6) is 1.72. The van der Waals surface area contributed by atoms with Gasteiger partial charge in [-0.2, -0.15) is 0 Å². The summed E-state index contributed by atoms with van der Waals surface area (Å²) >= 11 is 0. The number of hydrogen-bond donors (Lipinski definition) is 1. The fourth-order valence-corrected chi connectivity index (χ4v) is 2.01. The molecular formula is C14H13NO3. The highest BCUT2D eigenvalue weighted by Gasteiger charge is 2.14. The predicted octanol–water partition coefficient (Wildman–Crippen LogP) is 2.78. The van der Waals surface area contributed by atoms with Gasteiger partial charge in [0.25, 0.3) is 5.91 Å². The van der Waals surface area contributed by atoms with E-state index < -0.39 is 0 Å². The molecule has 0 saturated carbocycles. The van der Waals surface area contributed by atoms with Gasteiger partial charge in [0.1, 0.15) is 11.5 Å². The topological polar surface area (TPSA) is 51.5 Å². The van der Waals surface area contributed by atoms with Crippen molar-refractivity contribution in [3.63, 3.8) is 0 Å². The number of hydrogen-bond acceptors (Lipinski definition) is 3. The number of nitrogens with one attached hydrogen (secondary N) is 1. The van der Waals surface area contributed by atoms with Crippen LogP contribution in [0.5, 0.6) is 5.75 Å². The van der Waals surface area contributed by atoms with Crippen molar-refractivity contribution in [3.05, 3.63) is 47.4 Å². The second-order valence-corrected chi connectivity index (χ2v) is 4.29. The van der Waals surface area contributed by atoms with E-state index in [1.165, 1.54) is 0 Å². The molecule has 1 N–H and O–H groups in total. The third-order valence-electron chi connectivity index (χ3n) is 2.91. The molecule has 1 aromatic heterocycles. The van der Waals surface area contributed by atoms with E-state index in [1.54, 1.807) is 12.1 Å². The Bertz CT molecular complexity index is 601. The van der Waals surface area contributed by atoms with Gasteiger partial charge in [0, 0.05) is 12.1 Å². The van der Waals surface area contributed by atoms with Gasteiger partial charge >= 0.3 is 0 Å². The Morgan fingerprint density at radius 3 is 2.94 bits per heavy atom. The summed E-state index contributed by atoms with van der Waals surface area (Å²) < 4.78 is 10.7. The highest BCUT2D eigenvalue weighted by atomic mass is 16.5. The van der Waals surface area contributed by atoms with Crippen molar-refractivity contribution in [1.82, 2.24) is 0 Å². The van der Waals surface area contributed by atoms with Crippen molar-refractivity contribution in [3.8, 4) is 5.75 Å². The van der Waals surface area contributed by atoms with E-state index in [0.29, 0.717) is 12.4 Å². The molecule has 1 aromatic carbocycles. The van der Waals surface area contributed by atoms with Crippen LogP contribution < -0.4 is 10.1 Å². The highest BCUT2D eigenvalue weighted by molar-refractivity contribution is 6.02. The fourth-order valence-electron chi connectivity index (χ4n) is 2.01. The van der Waals surface area contributed by atoms with Gasteiger partial charge in [-0.05, 0) is 42.8 Å². The average Bonchev–Trinajstić information content (AvgIpc) is 2.96. The normalized spacial score (nSPS) is 12.9. The fraction of sp³-hybridized carbons (Fsp3) is 0.214. The van der Waals surface area contributed by atoms with E-state index in [4.69, 9.17) is 9.15 Å². The number of carbonyl (C=O) groups excluding carboxylic acids is 1. The van der Waals surface area contributed by atoms with E-state index in [9.17, 15) is 4.79 Å². The number of ether oxygens (including phenoxy) is 1. The smallest absolute Gasteiger partial charge is 0.291 e. The van der Waals surface area contributed by atoms with Crippen LogP contribution in [0, 0.1) is 6.92 Å². The first kappa shape index (κ1) is 10.9. The summed E-state index contributed by atoms with van der Waals surface area (Å²) in [6.45, 7) is 2.52. The van der Waals surface area contributed by atoms with E-state index in [0.717, 1.165) is 29.2 Å². The van der Waals surface area contributed by atoms with Crippen LogP contribution in [0.2, 0.25) is 0 Å². The van der Waals surface area contributed by atoms with E-state index >= 15 is 0 Å². The Balaban J connectivity index is 1.78. The molecule has 0 atom stereocenters. The van der Waals surface area contributed by atoms with Crippen molar-refractivity contribution >= 4 is 11.6 Å². The quantitative estimate of drug-likeness (QED) is 0.882. The molecule has 1 aliphatic heterocycles. The van der Waals surface area contributed by atoms with Crippen molar-refractivity contribution < 1.29 is 13.9 Å². The molecule has 92 valence electrons. The summed E-state index contributed by atoms with van der Waals surface area (Å²) in [7, 11) is 0. The van der Waals surface area contributed by atoms with Crippen LogP contribution in [0.25, 0.3) is 0 Å². The Hall–Kier alpha value is -2.23. The summed E-state index contributed by atoms with van der Waals surface area (Å²) in [5, 5.41) is 2.81. The maximum Gasteiger partial charge on any atom is 0.291 e. The number of furan rings is 1. The zero-order valence-electron chi connectivity index (χ0n) is 10.0. The van der Waals surface area contributed by atoms with Gasteiger partial charge < -0.3 is 14.5 Å². The number of anilines is 1. The second-order valence-electron chi connectivity index (χ2n) is 4.29. The third-order valence-corrected chi connectivity index (χ3v) is 2.91. The molecule has 4 heteroatoms. The van der Waals surface area contributed by atoms with Gasteiger partial charge in [0.2, 0.25) is 0 Å². The lowest BCUT2D eigenvalue weighted by atomic mass is 10.1. The SMILES string of the molecule is Cc1ccc(C(=O)Nc2ccc3c(c2)CCO3)o1. The molecule has 0 spiro atoms. The molecular weight excluding hydrogens is 230 g/mol. The van der Waals surface area contributed by atoms with E-state index in [-0.39, 0.29) is 5.91 Å². The zero-order valence-corrected chi connectivity index (χ0v) is 10.0. The largest absolute Gasteiger partial charge is 0.493 e. The molecule has 0 saturated heterocycles. The van der Waals surface area contributed by atoms with Crippen LogP contribution in [0.1, 0.15) is 21.9 Å². The minimum absolute atomic E-state index is 0.234. The average molecular weight is 243 g/mol. The minimum atomic E-state index is -0.234. The van der Waals surface area contributed by atoms with E-state index in [2.05, 4.69) is 5.32 Å². The summed E-state index contributed by atoms with van der Waals surface area (Å²) in [4.78, 5) is 11.9. The molecule has 1 amide bonds. The summed E-state index contributed by atoms with van der Waals surface area (Å²) in [6.07, 6.45) is 0.888. The minimum Gasteiger partial charge on any atom is -0.493 e. The Morgan fingerprint density at radius 2 is 2.17 bits per heavy atom. The van der Waals surface area contributed by atoms with Crippen LogP contribution in [0.3, 0.4) is 0 Å². The van der Waals surface area contributed by atoms with Gasteiger partial charge in [0.05, 0.1) is 6.61 Å². The van der Waals surface area contributed by atoms with Crippen LogP contribution in [-0.4, -0.2) is 12.5 Å². The highest BCUT2D eigenvalue weighted by Crippen LogP contribution is 2.28. The number of aryl methyl sites for hydroxylation is 1. The second kappa shape index (κ2) is 4.22. The predicted molar refractivity (Wildman–Crippen MR) is 67.0 cm³/mol. The molecule has 1 aliphatic rings. The standard InChI is InChI=1S/C14H13NO3/c1-9-2-4-13(18-9)14(16)15-11-3-5-12-10(8-11)6-7-17-12/h2-5,8H,6-7H2,1H3,(H,15,16). The first-order chi connectivity index (χ1) is 8.72. The third kappa shape index (κ3) is 1.97. The van der Waals surface area contributed by atoms with Crippen molar-refractivity contribution in [2.24, 2.45) is 0 Å². The molecule has 18 heavy (non-hydrogen) atoms. The van der Waals surface area contributed by atoms with Gasteiger partial charge in [-0.3, -0.25) is 4.79 Å². The van der Waals surface area contributed by atoms with Crippen LogP contribution >= 0.6 is 0 Å². The number of rotatable bonds is 2. The number of carbonyl (C=O) groups is 1. The van der Waals surface area contributed by atoms with Gasteiger partial charge in [0.15, 0.2) is 5.76 Å². The van der Waals surface area contributed by atoms with Crippen LogP contribution in [-0.2, 0) is 6.42 Å². The lowest BCUT2D eigenvalue weighted by Crippen LogP contribution is -2.10. The summed E-state index contributed by atoms with van der Waals surface area (Å²) in [5.41, 5.74) is 1.89. The molecule has 4 nitrogen and oxygen atoms in total. The van der Waals surface area contributed by atoms with Crippen LogP contribution in [0.15, 0.2) is 34.7 Å². The number of amides is 1. The monoisotopic (exact) mass is 243 g/mol. The Kier molecular flexibility index (Phi) is 2.55. The molecule has 0 bridgehead atoms. The molecule has 2 heterocycles. The van der Waals surface area contributed by atoms with Crippen molar-refractivity contribution in [1.29, 1.82) is 0 Å². The molecule has 0 unspecified atom stereocenters. The molecule has 3 rings (SSSR count). The molecule has 2 aromatic rings. The number of benzene rings is 1. The maximum atomic E-state index is 11.9. The van der Waals surface area contributed by atoms with E-state index in [1.807, 2.05) is 25.1 Å². The lowest BCUT2D eigenvalue weighted by molar-refractivity contribution is 0.0995. The Morgan fingerprint density at radius 1 is 1.28 bits per heavy atom.